The Morgan fingerprint density at radius 2 is 2.10 bits per heavy atom. The highest BCUT2D eigenvalue weighted by Crippen LogP contribution is 2.22. The van der Waals surface area contributed by atoms with E-state index in [1.807, 2.05) is 6.92 Å². The van der Waals surface area contributed by atoms with E-state index in [0.29, 0.717) is 5.82 Å². The van der Waals surface area contributed by atoms with E-state index in [1.165, 1.54) is 18.2 Å². The topological polar surface area (TPSA) is 111 Å². The third kappa shape index (κ3) is 2.89. The van der Waals surface area contributed by atoms with Crippen LogP contribution in [0.4, 0.5) is 17.2 Å². The maximum Gasteiger partial charge on any atom is 0.282 e. The minimum atomic E-state index is -0.627. The molecule has 2 rings (SSSR count). The number of hydrogen-bond acceptors (Lipinski definition) is 5. The Balaban J connectivity index is 2.34. The molecule has 3 N–H and O–H groups in total. The first kappa shape index (κ1) is 13.5. The number of rotatable bonds is 3. The lowest BCUT2D eigenvalue weighted by atomic mass is 10.1. The van der Waals surface area contributed by atoms with Gasteiger partial charge in [0, 0.05) is 18.0 Å². The molecule has 0 saturated carbocycles. The predicted molar refractivity (Wildman–Crippen MR) is 74.4 cm³/mol. The summed E-state index contributed by atoms with van der Waals surface area (Å²) < 4.78 is 0. The molecule has 0 bridgehead atoms. The minimum absolute atomic E-state index is 0.0988. The second-order valence-corrected chi connectivity index (χ2v) is 4.21. The summed E-state index contributed by atoms with van der Waals surface area (Å²) in [5.41, 5.74) is 6.35. The van der Waals surface area contributed by atoms with Gasteiger partial charge in [0.05, 0.1) is 4.92 Å². The standard InChI is InChI=1S/C13H12N4O3/c1-8-4-5-15-12(6-8)16-13(18)10-7-9(14)2-3-11(10)17(19)20/h2-7H,14H2,1H3,(H,15,16,18). The fourth-order valence-corrected chi connectivity index (χ4v) is 1.68. The summed E-state index contributed by atoms with van der Waals surface area (Å²) in [4.78, 5) is 26.3. The molecule has 1 aromatic heterocycles. The van der Waals surface area contributed by atoms with E-state index in [0.717, 1.165) is 5.56 Å². The van der Waals surface area contributed by atoms with E-state index in [1.54, 1.807) is 18.3 Å². The third-order valence-corrected chi connectivity index (χ3v) is 2.62. The molecule has 0 saturated heterocycles. The van der Waals surface area contributed by atoms with Crippen LogP contribution < -0.4 is 11.1 Å². The van der Waals surface area contributed by atoms with Crippen LogP contribution in [0.5, 0.6) is 0 Å². The quantitative estimate of drug-likeness (QED) is 0.505. The zero-order valence-electron chi connectivity index (χ0n) is 10.7. The lowest BCUT2D eigenvalue weighted by Gasteiger charge is -2.06. The molecule has 2 aromatic rings. The van der Waals surface area contributed by atoms with E-state index in [-0.39, 0.29) is 16.9 Å². The molecular weight excluding hydrogens is 260 g/mol. The van der Waals surface area contributed by atoms with Crippen molar-refractivity contribution in [3.63, 3.8) is 0 Å². The van der Waals surface area contributed by atoms with Crippen LogP contribution in [0.15, 0.2) is 36.5 Å². The van der Waals surface area contributed by atoms with Crippen molar-refractivity contribution < 1.29 is 9.72 Å². The van der Waals surface area contributed by atoms with Gasteiger partial charge in [-0.3, -0.25) is 14.9 Å². The van der Waals surface area contributed by atoms with Crippen LogP contribution in [0.25, 0.3) is 0 Å². The van der Waals surface area contributed by atoms with Crippen LogP contribution in [-0.2, 0) is 0 Å². The Labute approximate surface area is 114 Å². The number of nitrogen functional groups attached to an aromatic ring is 1. The molecule has 1 amide bonds. The first-order valence-electron chi connectivity index (χ1n) is 5.75. The average Bonchev–Trinajstić information content (AvgIpc) is 2.38. The van der Waals surface area contributed by atoms with Crippen LogP contribution >= 0.6 is 0 Å². The number of anilines is 2. The molecule has 7 heteroatoms. The molecule has 102 valence electrons. The first-order chi connectivity index (χ1) is 9.47. The molecule has 20 heavy (non-hydrogen) atoms. The molecule has 0 radical (unpaired) electrons. The smallest absolute Gasteiger partial charge is 0.282 e. The van der Waals surface area contributed by atoms with Gasteiger partial charge in [0.1, 0.15) is 11.4 Å². The number of aromatic nitrogens is 1. The van der Waals surface area contributed by atoms with Gasteiger partial charge in [0.2, 0.25) is 0 Å². The highest BCUT2D eigenvalue weighted by molar-refractivity contribution is 6.07. The molecule has 0 spiro atoms. The fraction of sp³-hybridized carbons (Fsp3) is 0.0769. The second kappa shape index (κ2) is 5.35. The number of benzene rings is 1. The number of carbonyl (C=O) groups excluding carboxylic acids is 1. The minimum Gasteiger partial charge on any atom is -0.399 e. The lowest BCUT2D eigenvalue weighted by molar-refractivity contribution is -0.385. The number of amides is 1. The highest BCUT2D eigenvalue weighted by Gasteiger charge is 2.20. The maximum absolute atomic E-state index is 12.1. The number of nitrogens with one attached hydrogen (secondary N) is 1. The molecule has 7 nitrogen and oxygen atoms in total. The number of nitrogens with two attached hydrogens (primary N) is 1. The number of aryl methyl sites for hydroxylation is 1. The Bertz CT molecular complexity index is 685. The monoisotopic (exact) mass is 272 g/mol. The molecule has 0 unspecified atom stereocenters. The molecule has 1 aromatic carbocycles. The number of carbonyl (C=O) groups is 1. The molecule has 0 aliphatic carbocycles. The van der Waals surface area contributed by atoms with Crippen molar-refractivity contribution in [1.82, 2.24) is 4.98 Å². The van der Waals surface area contributed by atoms with E-state index < -0.39 is 10.8 Å². The molecule has 1 heterocycles. The largest absolute Gasteiger partial charge is 0.399 e. The van der Waals surface area contributed by atoms with Crippen molar-refractivity contribution in [1.29, 1.82) is 0 Å². The van der Waals surface area contributed by atoms with Crippen molar-refractivity contribution in [2.75, 3.05) is 11.1 Å². The lowest BCUT2D eigenvalue weighted by Crippen LogP contribution is -2.15. The van der Waals surface area contributed by atoms with Gasteiger partial charge >= 0.3 is 0 Å². The Kier molecular flexibility index (Phi) is 3.60. The zero-order valence-corrected chi connectivity index (χ0v) is 10.7. The second-order valence-electron chi connectivity index (χ2n) is 4.21. The van der Waals surface area contributed by atoms with E-state index in [4.69, 9.17) is 5.73 Å². The van der Waals surface area contributed by atoms with Crippen LogP contribution in [0, 0.1) is 17.0 Å². The molecular formula is C13H12N4O3. The van der Waals surface area contributed by atoms with Gasteiger partial charge in [0.25, 0.3) is 11.6 Å². The van der Waals surface area contributed by atoms with Crippen molar-refractivity contribution in [3.05, 3.63) is 57.8 Å². The van der Waals surface area contributed by atoms with Gasteiger partial charge in [0.15, 0.2) is 0 Å². The van der Waals surface area contributed by atoms with E-state index >= 15 is 0 Å². The first-order valence-corrected chi connectivity index (χ1v) is 5.75. The summed E-state index contributed by atoms with van der Waals surface area (Å²) in [6.45, 7) is 1.85. The summed E-state index contributed by atoms with van der Waals surface area (Å²) in [5, 5.41) is 13.4. The molecule has 0 aliphatic heterocycles. The van der Waals surface area contributed by atoms with Crippen molar-refractivity contribution >= 4 is 23.1 Å². The average molecular weight is 272 g/mol. The van der Waals surface area contributed by atoms with Crippen LogP contribution in [0.1, 0.15) is 15.9 Å². The SMILES string of the molecule is Cc1ccnc(NC(=O)c2cc(N)ccc2[N+](=O)[O-])c1. The summed E-state index contributed by atoms with van der Waals surface area (Å²) in [5.74, 6) is -0.297. The van der Waals surface area contributed by atoms with Crippen molar-refractivity contribution in [3.8, 4) is 0 Å². The number of pyridine rings is 1. The van der Waals surface area contributed by atoms with Crippen LogP contribution in [0.2, 0.25) is 0 Å². The molecule has 0 aliphatic rings. The van der Waals surface area contributed by atoms with Crippen LogP contribution in [-0.4, -0.2) is 15.8 Å². The van der Waals surface area contributed by atoms with Gasteiger partial charge in [-0.25, -0.2) is 4.98 Å². The Hall–Kier alpha value is -2.96. The van der Waals surface area contributed by atoms with Gasteiger partial charge < -0.3 is 11.1 Å². The number of nitrogens with zero attached hydrogens (tertiary/aromatic N) is 2. The van der Waals surface area contributed by atoms with Gasteiger partial charge in [-0.1, -0.05) is 0 Å². The third-order valence-electron chi connectivity index (χ3n) is 2.62. The summed E-state index contributed by atoms with van der Waals surface area (Å²) in [6, 6.07) is 7.28. The number of nitro groups is 1. The summed E-state index contributed by atoms with van der Waals surface area (Å²) >= 11 is 0. The van der Waals surface area contributed by atoms with Crippen molar-refractivity contribution in [2.24, 2.45) is 0 Å². The maximum atomic E-state index is 12.1. The molecule has 0 atom stereocenters. The predicted octanol–water partition coefficient (Wildman–Crippen LogP) is 2.13. The van der Waals surface area contributed by atoms with E-state index in [2.05, 4.69) is 10.3 Å². The molecule has 0 fully saturated rings. The fourth-order valence-electron chi connectivity index (χ4n) is 1.68. The van der Waals surface area contributed by atoms with Gasteiger partial charge in [-0.05, 0) is 36.8 Å². The number of hydrogen-bond donors (Lipinski definition) is 2. The summed E-state index contributed by atoms with van der Waals surface area (Å²) in [7, 11) is 0. The van der Waals surface area contributed by atoms with Crippen molar-refractivity contribution in [2.45, 2.75) is 6.92 Å². The Morgan fingerprint density at radius 1 is 1.35 bits per heavy atom. The normalized spacial score (nSPS) is 10.1. The van der Waals surface area contributed by atoms with E-state index in [9.17, 15) is 14.9 Å². The zero-order chi connectivity index (χ0) is 14.7. The highest BCUT2D eigenvalue weighted by atomic mass is 16.6. The van der Waals surface area contributed by atoms with Gasteiger partial charge in [-0.15, -0.1) is 0 Å². The summed E-state index contributed by atoms with van der Waals surface area (Å²) in [6.07, 6.45) is 1.54. The number of nitro benzene ring substituents is 1. The van der Waals surface area contributed by atoms with Crippen LogP contribution in [0.3, 0.4) is 0 Å². The Morgan fingerprint density at radius 3 is 2.75 bits per heavy atom. The van der Waals surface area contributed by atoms with Gasteiger partial charge in [-0.2, -0.15) is 0 Å².